The lowest BCUT2D eigenvalue weighted by Crippen LogP contribution is -2.43. The maximum Gasteiger partial charge on any atom is 0.266 e. The molecule has 1 heterocycles. The van der Waals surface area contributed by atoms with Gasteiger partial charge in [0.05, 0.1) is 25.7 Å². The number of rotatable bonds is 8. The first-order valence-electron chi connectivity index (χ1n) is 8.31. The Bertz CT molecular complexity index is 766. The molecule has 1 N–H and O–H groups in total. The van der Waals surface area contributed by atoms with E-state index < -0.39 is 0 Å². The summed E-state index contributed by atoms with van der Waals surface area (Å²) in [4.78, 5) is 28.2. The summed E-state index contributed by atoms with van der Waals surface area (Å²) in [6.07, 6.45) is 1.71. The highest BCUT2D eigenvalue weighted by Gasteiger charge is 2.34. The minimum Gasteiger partial charge on any atom is -0.493 e. The van der Waals surface area contributed by atoms with Crippen molar-refractivity contribution in [3.8, 4) is 11.5 Å². The van der Waals surface area contributed by atoms with Crippen molar-refractivity contribution in [1.82, 2.24) is 9.80 Å². The quantitative estimate of drug-likeness (QED) is 0.517. The second kappa shape index (κ2) is 9.72. The number of thiocarbonyl (C=S) groups is 1. The molecule has 1 aromatic carbocycles. The molecule has 1 aliphatic rings. The second-order valence-electron chi connectivity index (χ2n) is 5.58. The Balaban J connectivity index is 2.17. The summed E-state index contributed by atoms with van der Waals surface area (Å²) in [5, 5.41) is 9.04. The minimum atomic E-state index is -0.312. The number of benzene rings is 1. The van der Waals surface area contributed by atoms with Gasteiger partial charge in [0.25, 0.3) is 5.91 Å². The van der Waals surface area contributed by atoms with Crippen molar-refractivity contribution in [3.63, 3.8) is 0 Å². The topological polar surface area (TPSA) is 79.3 Å². The van der Waals surface area contributed by atoms with E-state index in [0.717, 1.165) is 17.3 Å². The van der Waals surface area contributed by atoms with Crippen LogP contribution in [0.15, 0.2) is 23.1 Å². The molecule has 1 aliphatic heterocycles. The zero-order chi connectivity index (χ0) is 20.0. The van der Waals surface area contributed by atoms with E-state index >= 15 is 0 Å². The van der Waals surface area contributed by atoms with Crippen LogP contribution >= 0.6 is 24.0 Å². The highest BCUT2D eigenvalue weighted by Crippen LogP contribution is 2.34. The van der Waals surface area contributed by atoms with Crippen molar-refractivity contribution in [2.24, 2.45) is 0 Å². The van der Waals surface area contributed by atoms with Crippen molar-refractivity contribution in [2.45, 2.75) is 6.92 Å². The SMILES string of the molecule is CCN(CCO)C(=O)CN1C(=O)/C(=C\c2ccc(OC)c(OC)c2)SC1=S. The average Bonchev–Trinajstić information content (AvgIpc) is 2.93. The number of ether oxygens (including phenoxy) is 2. The molecule has 1 saturated heterocycles. The number of nitrogens with zero attached hydrogens (tertiary/aromatic N) is 2. The third kappa shape index (κ3) is 5.00. The largest absolute Gasteiger partial charge is 0.493 e. The van der Waals surface area contributed by atoms with Crippen LogP contribution in [0.1, 0.15) is 12.5 Å². The molecule has 0 aromatic heterocycles. The van der Waals surface area contributed by atoms with Gasteiger partial charge in [0.1, 0.15) is 10.9 Å². The first kappa shape index (κ1) is 21.2. The molecular formula is C18H22N2O5S2. The molecule has 9 heteroatoms. The number of aliphatic hydroxyl groups excluding tert-OH is 1. The zero-order valence-electron chi connectivity index (χ0n) is 15.4. The average molecular weight is 411 g/mol. The number of hydrogen-bond donors (Lipinski definition) is 1. The van der Waals surface area contributed by atoms with E-state index in [2.05, 4.69) is 0 Å². The van der Waals surface area contributed by atoms with E-state index in [1.54, 1.807) is 38.5 Å². The zero-order valence-corrected chi connectivity index (χ0v) is 17.1. The molecule has 146 valence electrons. The number of hydrogen-bond acceptors (Lipinski definition) is 7. The number of carbonyl (C=O) groups is 2. The van der Waals surface area contributed by atoms with Gasteiger partial charge in [-0.15, -0.1) is 0 Å². The first-order chi connectivity index (χ1) is 12.9. The monoisotopic (exact) mass is 410 g/mol. The van der Waals surface area contributed by atoms with Gasteiger partial charge < -0.3 is 19.5 Å². The van der Waals surface area contributed by atoms with Crippen LogP contribution in [-0.4, -0.2) is 71.5 Å². The summed E-state index contributed by atoms with van der Waals surface area (Å²) in [5.41, 5.74) is 0.759. The molecule has 0 bridgehead atoms. The van der Waals surface area contributed by atoms with Crippen LogP contribution < -0.4 is 9.47 Å². The fraction of sp³-hybridized carbons (Fsp3) is 0.389. The number of amides is 2. The van der Waals surface area contributed by atoms with Crippen molar-refractivity contribution in [3.05, 3.63) is 28.7 Å². The van der Waals surface area contributed by atoms with Crippen LogP contribution in [0.2, 0.25) is 0 Å². The fourth-order valence-electron chi connectivity index (χ4n) is 2.55. The molecule has 0 unspecified atom stereocenters. The molecule has 2 rings (SSSR count). The van der Waals surface area contributed by atoms with Crippen LogP contribution in [0.25, 0.3) is 6.08 Å². The molecule has 0 saturated carbocycles. The molecule has 0 aliphatic carbocycles. The van der Waals surface area contributed by atoms with Gasteiger partial charge in [0.2, 0.25) is 5.91 Å². The van der Waals surface area contributed by atoms with Crippen LogP contribution in [0.3, 0.4) is 0 Å². The Morgan fingerprint density at radius 3 is 2.63 bits per heavy atom. The van der Waals surface area contributed by atoms with Gasteiger partial charge in [-0.2, -0.15) is 0 Å². The molecule has 27 heavy (non-hydrogen) atoms. The van der Waals surface area contributed by atoms with E-state index in [9.17, 15) is 9.59 Å². The van der Waals surface area contributed by atoms with E-state index in [1.807, 2.05) is 6.92 Å². The van der Waals surface area contributed by atoms with Gasteiger partial charge in [0.15, 0.2) is 11.5 Å². The Morgan fingerprint density at radius 1 is 1.33 bits per heavy atom. The molecule has 2 amide bonds. The van der Waals surface area contributed by atoms with Gasteiger partial charge in [-0.25, -0.2) is 0 Å². The van der Waals surface area contributed by atoms with Gasteiger partial charge in [-0.05, 0) is 30.7 Å². The van der Waals surface area contributed by atoms with E-state index in [0.29, 0.717) is 27.3 Å². The normalized spacial score (nSPS) is 15.4. The van der Waals surface area contributed by atoms with Gasteiger partial charge >= 0.3 is 0 Å². The molecule has 7 nitrogen and oxygen atoms in total. The van der Waals surface area contributed by atoms with Crippen molar-refractivity contribution >= 4 is 46.2 Å². The Kier molecular flexibility index (Phi) is 7.64. The lowest BCUT2D eigenvalue weighted by atomic mass is 10.2. The van der Waals surface area contributed by atoms with E-state index in [-0.39, 0.29) is 31.5 Å². The molecule has 0 radical (unpaired) electrons. The van der Waals surface area contributed by atoms with Crippen molar-refractivity contribution in [2.75, 3.05) is 40.5 Å². The van der Waals surface area contributed by atoms with Gasteiger partial charge in [-0.1, -0.05) is 30.0 Å². The number of carbonyl (C=O) groups excluding carboxylic acids is 2. The maximum atomic E-state index is 12.7. The summed E-state index contributed by atoms with van der Waals surface area (Å²) in [6, 6.07) is 5.32. The summed E-state index contributed by atoms with van der Waals surface area (Å²) in [7, 11) is 3.09. The summed E-state index contributed by atoms with van der Waals surface area (Å²) in [6.45, 7) is 2.23. The van der Waals surface area contributed by atoms with Gasteiger partial charge in [-0.3, -0.25) is 14.5 Å². The number of aliphatic hydroxyl groups is 1. The van der Waals surface area contributed by atoms with E-state index in [4.69, 9.17) is 26.8 Å². The summed E-state index contributed by atoms with van der Waals surface area (Å²) >= 11 is 6.42. The number of likely N-dealkylation sites (N-methyl/N-ethyl adjacent to an activating group) is 1. The third-order valence-electron chi connectivity index (χ3n) is 3.98. The first-order valence-corrected chi connectivity index (χ1v) is 9.53. The smallest absolute Gasteiger partial charge is 0.266 e. The lowest BCUT2D eigenvalue weighted by Gasteiger charge is -2.22. The Hall–Kier alpha value is -2.10. The minimum absolute atomic E-state index is 0.128. The van der Waals surface area contributed by atoms with E-state index in [1.165, 1.54) is 9.80 Å². The third-order valence-corrected chi connectivity index (χ3v) is 5.35. The number of methoxy groups -OCH3 is 2. The molecule has 0 spiro atoms. The number of thioether (sulfide) groups is 1. The maximum absolute atomic E-state index is 12.7. The molecule has 0 atom stereocenters. The highest BCUT2D eigenvalue weighted by atomic mass is 32.2. The summed E-state index contributed by atoms with van der Waals surface area (Å²) < 4.78 is 10.8. The standard InChI is InChI=1S/C18H22N2O5S2/c1-4-19(7-8-21)16(22)11-20-17(23)15(27-18(20)26)10-12-5-6-13(24-2)14(9-12)25-3/h5-6,9-10,21H,4,7-8,11H2,1-3H3/b15-10+. The predicted octanol–water partition coefficient (Wildman–Crippen LogP) is 1.75. The fourth-order valence-corrected chi connectivity index (χ4v) is 3.80. The van der Waals surface area contributed by atoms with Crippen LogP contribution in [0, 0.1) is 0 Å². The Morgan fingerprint density at radius 2 is 2.04 bits per heavy atom. The second-order valence-corrected chi connectivity index (χ2v) is 7.26. The predicted molar refractivity (Wildman–Crippen MR) is 109 cm³/mol. The highest BCUT2D eigenvalue weighted by molar-refractivity contribution is 8.26. The van der Waals surface area contributed by atoms with Crippen LogP contribution in [-0.2, 0) is 9.59 Å². The van der Waals surface area contributed by atoms with Crippen LogP contribution in [0.5, 0.6) is 11.5 Å². The Labute approximate surface area is 167 Å². The lowest BCUT2D eigenvalue weighted by molar-refractivity contribution is -0.135. The van der Waals surface area contributed by atoms with Crippen molar-refractivity contribution < 1.29 is 24.2 Å². The summed E-state index contributed by atoms with van der Waals surface area (Å²) in [5.74, 6) is 0.583. The van der Waals surface area contributed by atoms with Crippen LogP contribution in [0.4, 0.5) is 0 Å². The van der Waals surface area contributed by atoms with Crippen molar-refractivity contribution in [1.29, 1.82) is 0 Å². The molecule has 1 aromatic rings. The molecule has 1 fully saturated rings. The van der Waals surface area contributed by atoms with Gasteiger partial charge in [0, 0.05) is 13.1 Å². The molecular weight excluding hydrogens is 388 g/mol.